The van der Waals surface area contributed by atoms with Crippen molar-refractivity contribution in [1.29, 1.82) is 0 Å². The number of methoxy groups -OCH3 is 2. The average Bonchev–Trinajstić information content (AvgIpc) is 3.29. The zero-order valence-electron chi connectivity index (χ0n) is 25.3. The molecule has 0 saturated heterocycles. The number of rotatable bonds is 9. The summed E-state index contributed by atoms with van der Waals surface area (Å²) in [6.07, 6.45) is 1.58. The molecular formula is C31H29N5O7S2. The van der Waals surface area contributed by atoms with Gasteiger partial charge in [0.05, 0.1) is 52.5 Å². The number of carbonyl (C=O) groups is 1. The van der Waals surface area contributed by atoms with Gasteiger partial charge >= 0.3 is 5.97 Å². The molecule has 0 saturated carbocycles. The standard InChI is InChI=1S/C31H29N5O7S2/c1-7-43-29(38)26-18(4)34-31-35(27(26)20-9-10-22(41-5)23(15-20)42-6)28(37)25(45-31)14-19-8-11-24(21(13-19)36(39)40)44-30-32-16(2)12-17(3)33-30/h8-15,27H,7H2,1-6H3/b25-14+/t27-/m1/s1. The number of nitro benzene ring substituents is 1. The van der Waals surface area contributed by atoms with Crippen LogP contribution in [0.3, 0.4) is 0 Å². The Hall–Kier alpha value is -4.82. The molecule has 1 aliphatic heterocycles. The normalized spacial score (nSPS) is 14.5. The maximum Gasteiger partial charge on any atom is 0.338 e. The first-order chi connectivity index (χ1) is 21.5. The predicted octanol–water partition coefficient (Wildman–Crippen LogP) is 4.28. The smallest absolute Gasteiger partial charge is 0.338 e. The third kappa shape index (κ3) is 6.37. The molecule has 1 aliphatic rings. The largest absolute Gasteiger partial charge is 0.493 e. The highest BCUT2D eigenvalue weighted by atomic mass is 32.2. The number of fused-ring (bicyclic) bond motifs is 1. The molecule has 12 nitrogen and oxygen atoms in total. The molecule has 0 radical (unpaired) electrons. The summed E-state index contributed by atoms with van der Waals surface area (Å²) in [5.41, 5.74) is 2.61. The Balaban J connectivity index is 1.64. The second-order valence-electron chi connectivity index (χ2n) is 9.94. The maximum atomic E-state index is 14.0. The first-order valence-corrected chi connectivity index (χ1v) is 15.4. The van der Waals surface area contributed by atoms with Crippen LogP contribution in [0.4, 0.5) is 5.69 Å². The van der Waals surface area contributed by atoms with Crippen molar-refractivity contribution in [3.05, 3.63) is 106 Å². The van der Waals surface area contributed by atoms with E-state index in [1.54, 1.807) is 50.3 Å². The lowest BCUT2D eigenvalue weighted by molar-refractivity contribution is -0.387. The maximum absolute atomic E-state index is 14.0. The van der Waals surface area contributed by atoms with Gasteiger partial charge < -0.3 is 14.2 Å². The number of esters is 1. The van der Waals surface area contributed by atoms with Crippen molar-refractivity contribution in [2.75, 3.05) is 20.8 Å². The number of nitro groups is 1. The number of hydrogen-bond acceptors (Lipinski definition) is 12. The van der Waals surface area contributed by atoms with Crippen LogP contribution in [0.25, 0.3) is 6.08 Å². The van der Waals surface area contributed by atoms with Crippen molar-refractivity contribution < 1.29 is 23.9 Å². The molecule has 14 heteroatoms. The van der Waals surface area contributed by atoms with Crippen LogP contribution >= 0.6 is 23.1 Å². The van der Waals surface area contributed by atoms with Crippen molar-refractivity contribution in [3.8, 4) is 11.5 Å². The van der Waals surface area contributed by atoms with E-state index in [-0.39, 0.29) is 22.4 Å². The van der Waals surface area contributed by atoms with Crippen LogP contribution in [0.1, 0.15) is 42.4 Å². The van der Waals surface area contributed by atoms with E-state index in [0.717, 1.165) is 34.5 Å². The van der Waals surface area contributed by atoms with Crippen LogP contribution < -0.4 is 24.4 Å². The van der Waals surface area contributed by atoms with Gasteiger partial charge in [0.15, 0.2) is 21.5 Å². The summed E-state index contributed by atoms with van der Waals surface area (Å²) in [6.45, 7) is 7.20. The van der Waals surface area contributed by atoms with Gasteiger partial charge in [-0.3, -0.25) is 19.5 Å². The lowest BCUT2D eigenvalue weighted by Crippen LogP contribution is -2.40. The fourth-order valence-corrected chi connectivity index (χ4v) is 6.97. The summed E-state index contributed by atoms with van der Waals surface area (Å²) in [6, 6.07) is 10.8. The van der Waals surface area contributed by atoms with Crippen LogP contribution in [-0.2, 0) is 9.53 Å². The van der Waals surface area contributed by atoms with Crippen molar-refractivity contribution >= 4 is 40.8 Å². The first kappa shape index (κ1) is 31.6. The second kappa shape index (κ2) is 13.0. The number of hydrogen-bond donors (Lipinski definition) is 0. The third-order valence-corrected chi connectivity index (χ3v) is 8.79. The predicted molar refractivity (Wildman–Crippen MR) is 169 cm³/mol. The lowest BCUT2D eigenvalue weighted by atomic mass is 9.95. The van der Waals surface area contributed by atoms with Crippen LogP contribution in [0, 0.1) is 24.0 Å². The number of benzene rings is 2. The molecule has 4 aromatic rings. The van der Waals surface area contributed by atoms with Crippen molar-refractivity contribution in [2.45, 2.75) is 43.8 Å². The molecule has 0 fully saturated rings. The molecule has 0 unspecified atom stereocenters. The third-order valence-electron chi connectivity index (χ3n) is 6.88. The van der Waals surface area contributed by atoms with E-state index in [1.807, 2.05) is 19.9 Å². The number of aryl methyl sites for hydroxylation is 2. The molecule has 3 heterocycles. The monoisotopic (exact) mass is 647 g/mol. The molecule has 45 heavy (non-hydrogen) atoms. The van der Waals surface area contributed by atoms with Crippen molar-refractivity contribution in [1.82, 2.24) is 14.5 Å². The number of allylic oxidation sites excluding steroid dienone is 1. The molecule has 2 aromatic heterocycles. The molecule has 1 atom stereocenters. The fraction of sp³-hybridized carbons (Fsp3) is 0.258. The summed E-state index contributed by atoms with van der Waals surface area (Å²) < 4.78 is 17.9. The van der Waals surface area contributed by atoms with E-state index in [4.69, 9.17) is 14.2 Å². The van der Waals surface area contributed by atoms with Gasteiger partial charge in [-0.15, -0.1) is 0 Å². The van der Waals surface area contributed by atoms with Crippen LogP contribution in [0.2, 0.25) is 0 Å². The van der Waals surface area contributed by atoms with Gasteiger partial charge in [-0.2, -0.15) is 0 Å². The molecule has 232 valence electrons. The summed E-state index contributed by atoms with van der Waals surface area (Å²) in [5.74, 6) is 0.315. The molecule has 5 rings (SSSR count). The Morgan fingerprint density at radius 2 is 1.78 bits per heavy atom. The highest BCUT2D eigenvalue weighted by Gasteiger charge is 2.34. The Labute approximate surface area is 265 Å². The topological polar surface area (TPSA) is 148 Å². The lowest BCUT2D eigenvalue weighted by Gasteiger charge is -2.25. The van der Waals surface area contributed by atoms with Gasteiger partial charge in [0, 0.05) is 17.5 Å². The highest BCUT2D eigenvalue weighted by Crippen LogP contribution is 2.37. The highest BCUT2D eigenvalue weighted by molar-refractivity contribution is 7.99. The van der Waals surface area contributed by atoms with Crippen LogP contribution in [-0.4, -0.2) is 46.3 Å². The molecule has 0 amide bonds. The van der Waals surface area contributed by atoms with Crippen LogP contribution in [0.15, 0.2) is 73.6 Å². The zero-order valence-corrected chi connectivity index (χ0v) is 26.9. The van der Waals surface area contributed by atoms with E-state index in [2.05, 4.69) is 15.0 Å². The van der Waals surface area contributed by atoms with Crippen LogP contribution in [0.5, 0.6) is 11.5 Å². The first-order valence-electron chi connectivity index (χ1n) is 13.7. The summed E-state index contributed by atoms with van der Waals surface area (Å²) in [5, 5.41) is 12.5. The van der Waals surface area contributed by atoms with Gasteiger partial charge in [0.2, 0.25) is 0 Å². The van der Waals surface area contributed by atoms with Gasteiger partial charge in [-0.25, -0.2) is 19.8 Å². The zero-order chi connectivity index (χ0) is 32.4. The van der Waals surface area contributed by atoms with Crippen molar-refractivity contribution in [3.63, 3.8) is 0 Å². The fourth-order valence-electron chi connectivity index (χ4n) is 4.97. The van der Waals surface area contributed by atoms with Crippen molar-refractivity contribution in [2.24, 2.45) is 4.99 Å². The van der Waals surface area contributed by atoms with E-state index in [9.17, 15) is 19.7 Å². The summed E-state index contributed by atoms with van der Waals surface area (Å²) in [4.78, 5) is 52.8. The molecule has 0 aliphatic carbocycles. The Morgan fingerprint density at radius 3 is 2.42 bits per heavy atom. The molecular weight excluding hydrogens is 619 g/mol. The average molecular weight is 648 g/mol. The van der Waals surface area contributed by atoms with E-state index >= 15 is 0 Å². The number of nitrogens with zero attached hydrogens (tertiary/aromatic N) is 5. The SMILES string of the molecule is CCOC(=O)C1=C(C)N=c2s/c(=C/c3ccc(Sc4nc(C)cc(C)n4)c([N+](=O)[O-])c3)c(=O)n2[C@@H]1c1ccc(OC)c(OC)c1. The minimum absolute atomic E-state index is 0.140. The Bertz CT molecular complexity index is 2030. The molecule has 0 spiro atoms. The van der Waals surface area contributed by atoms with E-state index in [0.29, 0.717) is 43.2 Å². The second-order valence-corrected chi connectivity index (χ2v) is 12.0. The Morgan fingerprint density at radius 1 is 1.07 bits per heavy atom. The Kier molecular flexibility index (Phi) is 9.16. The quantitative estimate of drug-likeness (QED) is 0.112. The van der Waals surface area contributed by atoms with Gasteiger partial charge in [0.25, 0.3) is 11.2 Å². The molecule has 2 aromatic carbocycles. The molecule has 0 bridgehead atoms. The summed E-state index contributed by atoms with van der Waals surface area (Å²) in [7, 11) is 3.01. The molecule has 0 N–H and O–H groups in total. The number of carbonyl (C=O) groups excluding carboxylic acids is 1. The van der Waals surface area contributed by atoms with Gasteiger partial charge in [-0.1, -0.05) is 23.5 Å². The number of aromatic nitrogens is 3. The minimum atomic E-state index is -0.867. The summed E-state index contributed by atoms with van der Waals surface area (Å²) >= 11 is 2.22. The van der Waals surface area contributed by atoms with Gasteiger partial charge in [-0.05, 0) is 80.9 Å². The van der Waals surface area contributed by atoms with E-state index in [1.165, 1.54) is 24.9 Å². The minimum Gasteiger partial charge on any atom is -0.493 e. The van der Waals surface area contributed by atoms with Gasteiger partial charge in [0.1, 0.15) is 0 Å². The number of ether oxygens (including phenoxy) is 3. The number of thiazole rings is 1. The van der Waals surface area contributed by atoms with E-state index < -0.39 is 22.5 Å².